The van der Waals surface area contributed by atoms with Gasteiger partial charge in [0.15, 0.2) is 5.78 Å². The quantitative estimate of drug-likeness (QED) is 0.674. The highest BCUT2D eigenvalue weighted by atomic mass is 16.5. The van der Waals surface area contributed by atoms with Crippen molar-refractivity contribution in [1.29, 1.82) is 0 Å². The molecule has 0 saturated heterocycles. The molecule has 76 valence electrons. The van der Waals surface area contributed by atoms with E-state index in [9.17, 15) is 4.79 Å². The molecule has 2 aliphatic carbocycles. The van der Waals surface area contributed by atoms with Crippen LogP contribution in [0.4, 0.5) is 0 Å². The van der Waals surface area contributed by atoms with Gasteiger partial charge < -0.3 is 9.47 Å². The molecule has 3 heteroatoms. The minimum Gasteiger partial charge on any atom is -0.501 e. The minimum absolute atomic E-state index is 0.200. The second-order valence-electron chi connectivity index (χ2n) is 3.53. The van der Waals surface area contributed by atoms with Crippen molar-refractivity contribution >= 4 is 5.78 Å². The molecule has 0 unspecified atom stereocenters. The highest BCUT2D eigenvalue weighted by Gasteiger charge is 2.32. The number of ketones is 1. The van der Waals surface area contributed by atoms with Crippen LogP contribution in [0.5, 0.6) is 0 Å². The average Bonchev–Trinajstić information content (AvgIpc) is 2.60. The van der Waals surface area contributed by atoms with E-state index in [4.69, 9.17) is 9.47 Å². The Morgan fingerprint density at radius 3 is 2.21 bits per heavy atom. The fraction of sp³-hybridized carbons (Fsp3) is 0.545. The molecule has 1 fully saturated rings. The zero-order valence-electron chi connectivity index (χ0n) is 8.55. The van der Waals surface area contributed by atoms with Crippen LogP contribution in [0.2, 0.25) is 0 Å². The molecule has 0 aromatic heterocycles. The number of methoxy groups -OCH3 is 2. The Morgan fingerprint density at radius 2 is 1.57 bits per heavy atom. The lowest BCUT2D eigenvalue weighted by atomic mass is 9.96. The molecular weight excluding hydrogens is 180 g/mol. The van der Waals surface area contributed by atoms with Gasteiger partial charge in [-0.05, 0) is 6.42 Å². The Balaban J connectivity index is 2.48. The molecule has 0 heterocycles. The molecule has 0 aromatic rings. The first kappa shape index (κ1) is 9.31. The summed E-state index contributed by atoms with van der Waals surface area (Å²) in [5.41, 5.74) is 1.86. The maximum absolute atomic E-state index is 11.6. The molecule has 0 bridgehead atoms. The third-order valence-corrected chi connectivity index (χ3v) is 2.87. The predicted molar refractivity (Wildman–Crippen MR) is 51.5 cm³/mol. The number of ether oxygens (including phenoxy) is 2. The van der Waals surface area contributed by atoms with Crippen LogP contribution >= 0.6 is 0 Å². The van der Waals surface area contributed by atoms with Gasteiger partial charge in [0.2, 0.25) is 0 Å². The summed E-state index contributed by atoms with van der Waals surface area (Å²) in [6.45, 7) is 0. The van der Waals surface area contributed by atoms with Crippen LogP contribution in [0.1, 0.15) is 25.7 Å². The van der Waals surface area contributed by atoms with Gasteiger partial charge in [0, 0.05) is 24.8 Å². The third-order valence-electron chi connectivity index (χ3n) is 2.87. The van der Waals surface area contributed by atoms with Crippen LogP contribution in [-0.2, 0) is 14.3 Å². The lowest BCUT2D eigenvalue weighted by molar-refractivity contribution is -0.114. The summed E-state index contributed by atoms with van der Waals surface area (Å²) in [6.07, 6.45) is 3.05. The van der Waals surface area contributed by atoms with Crippen LogP contribution in [0.25, 0.3) is 0 Å². The Kier molecular flexibility index (Phi) is 2.32. The Hall–Kier alpha value is -1.25. The van der Waals surface area contributed by atoms with E-state index >= 15 is 0 Å². The first-order valence-corrected chi connectivity index (χ1v) is 4.84. The van der Waals surface area contributed by atoms with Crippen molar-refractivity contribution in [1.82, 2.24) is 0 Å². The molecule has 2 rings (SSSR count). The van der Waals surface area contributed by atoms with E-state index in [0.29, 0.717) is 6.42 Å². The van der Waals surface area contributed by atoms with E-state index in [1.165, 1.54) is 0 Å². The number of hydrogen-bond donors (Lipinski definition) is 0. The monoisotopic (exact) mass is 194 g/mol. The molecule has 2 aliphatic rings. The third kappa shape index (κ3) is 1.24. The smallest absolute Gasteiger partial charge is 0.166 e. The van der Waals surface area contributed by atoms with Gasteiger partial charge >= 0.3 is 0 Å². The van der Waals surface area contributed by atoms with E-state index in [1.807, 2.05) is 0 Å². The first-order chi connectivity index (χ1) is 6.77. The summed E-state index contributed by atoms with van der Waals surface area (Å²) in [6, 6.07) is 0. The van der Waals surface area contributed by atoms with Crippen molar-refractivity contribution < 1.29 is 14.3 Å². The topological polar surface area (TPSA) is 35.5 Å². The van der Waals surface area contributed by atoms with E-state index in [2.05, 4.69) is 0 Å². The molecule has 1 saturated carbocycles. The van der Waals surface area contributed by atoms with Gasteiger partial charge in [-0.25, -0.2) is 0 Å². The number of carbonyl (C=O) groups excluding carboxylic acids is 1. The zero-order chi connectivity index (χ0) is 10.1. The second kappa shape index (κ2) is 3.48. The van der Waals surface area contributed by atoms with Crippen LogP contribution in [0.15, 0.2) is 22.7 Å². The molecule has 0 atom stereocenters. The van der Waals surface area contributed by atoms with E-state index in [1.54, 1.807) is 14.2 Å². The SMILES string of the molecule is COC1=C2CCC(=O)C2=C(OC)CC1. The van der Waals surface area contributed by atoms with Gasteiger partial charge in [-0.1, -0.05) is 0 Å². The summed E-state index contributed by atoms with van der Waals surface area (Å²) in [7, 11) is 3.30. The minimum atomic E-state index is 0.200. The molecule has 3 nitrogen and oxygen atoms in total. The largest absolute Gasteiger partial charge is 0.501 e. The fourth-order valence-electron chi connectivity index (χ4n) is 2.19. The molecule has 0 aromatic carbocycles. The molecular formula is C11H14O3. The Bertz CT molecular complexity index is 336. The molecule has 14 heavy (non-hydrogen) atoms. The normalized spacial score (nSPS) is 21.4. The highest BCUT2D eigenvalue weighted by molar-refractivity contribution is 6.03. The number of fused-ring (bicyclic) bond motifs is 1. The molecule has 0 radical (unpaired) electrons. The summed E-state index contributed by atoms with van der Waals surface area (Å²) < 4.78 is 10.5. The molecule has 0 spiro atoms. The zero-order valence-corrected chi connectivity index (χ0v) is 8.55. The Labute approximate surface area is 83.4 Å². The summed E-state index contributed by atoms with van der Waals surface area (Å²) in [5, 5.41) is 0. The van der Waals surface area contributed by atoms with Crippen LogP contribution in [0, 0.1) is 0 Å². The van der Waals surface area contributed by atoms with Crippen molar-refractivity contribution in [2.75, 3.05) is 14.2 Å². The van der Waals surface area contributed by atoms with Gasteiger partial charge in [-0.2, -0.15) is 0 Å². The van der Waals surface area contributed by atoms with Crippen molar-refractivity contribution in [2.24, 2.45) is 0 Å². The van der Waals surface area contributed by atoms with Crippen molar-refractivity contribution in [2.45, 2.75) is 25.7 Å². The van der Waals surface area contributed by atoms with Gasteiger partial charge in [-0.3, -0.25) is 4.79 Å². The molecule has 0 aliphatic heterocycles. The fourth-order valence-corrected chi connectivity index (χ4v) is 2.19. The van der Waals surface area contributed by atoms with Crippen molar-refractivity contribution in [3.8, 4) is 0 Å². The predicted octanol–water partition coefficient (Wildman–Crippen LogP) is 1.94. The lowest BCUT2D eigenvalue weighted by Crippen LogP contribution is -2.09. The summed E-state index contributed by atoms with van der Waals surface area (Å²) in [5.74, 6) is 2.00. The number of carbonyl (C=O) groups is 1. The second-order valence-corrected chi connectivity index (χ2v) is 3.53. The maximum atomic E-state index is 11.6. The first-order valence-electron chi connectivity index (χ1n) is 4.84. The van der Waals surface area contributed by atoms with Crippen LogP contribution in [-0.4, -0.2) is 20.0 Å². The number of allylic oxidation sites excluding steroid dienone is 4. The van der Waals surface area contributed by atoms with Gasteiger partial charge in [0.05, 0.1) is 25.6 Å². The van der Waals surface area contributed by atoms with E-state index < -0.39 is 0 Å². The van der Waals surface area contributed by atoms with Crippen molar-refractivity contribution in [3.63, 3.8) is 0 Å². The van der Waals surface area contributed by atoms with Crippen LogP contribution in [0.3, 0.4) is 0 Å². The van der Waals surface area contributed by atoms with Crippen LogP contribution < -0.4 is 0 Å². The number of Topliss-reactive ketones (excluding diaryl/α,β-unsaturated/α-hetero) is 1. The van der Waals surface area contributed by atoms with Gasteiger partial charge in [0.25, 0.3) is 0 Å². The number of hydrogen-bond acceptors (Lipinski definition) is 3. The highest BCUT2D eigenvalue weighted by Crippen LogP contribution is 2.39. The molecule has 0 amide bonds. The van der Waals surface area contributed by atoms with Gasteiger partial charge in [0.1, 0.15) is 5.76 Å². The van der Waals surface area contributed by atoms with Gasteiger partial charge in [-0.15, -0.1) is 0 Å². The van der Waals surface area contributed by atoms with Crippen molar-refractivity contribution in [3.05, 3.63) is 22.7 Å². The lowest BCUT2D eigenvalue weighted by Gasteiger charge is -2.19. The molecule has 0 N–H and O–H groups in total. The maximum Gasteiger partial charge on any atom is 0.166 e. The summed E-state index contributed by atoms with van der Waals surface area (Å²) in [4.78, 5) is 11.6. The van der Waals surface area contributed by atoms with E-state index in [-0.39, 0.29) is 5.78 Å². The van der Waals surface area contributed by atoms with E-state index in [0.717, 1.165) is 41.9 Å². The standard InChI is InChI=1S/C11H14O3/c1-13-9-5-6-10(14-2)11-7(9)3-4-8(11)12/h3-6H2,1-2H3. The number of rotatable bonds is 2. The Morgan fingerprint density at radius 1 is 0.929 bits per heavy atom. The summed E-state index contributed by atoms with van der Waals surface area (Å²) >= 11 is 0. The average molecular weight is 194 g/mol.